The average Bonchev–Trinajstić information content (AvgIpc) is 2.29. The van der Waals surface area contributed by atoms with Gasteiger partial charge in [-0.1, -0.05) is 12.1 Å². The van der Waals surface area contributed by atoms with E-state index in [1.165, 1.54) is 0 Å². The quantitative estimate of drug-likeness (QED) is 0.820. The van der Waals surface area contributed by atoms with E-state index >= 15 is 0 Å². The van der Waals surface area contributed by atoms with E-state index in [9.17, 15) is 4.79 Å². The van der Waals surface area contributed by atoms with Crippen LogP contribution in [-0.2, 0) is 0 Å². The number of hydrogen-bond acceptors (Lipinski definition) is 3. The number of nitrogens with one attached hydrogen (secondary N) is 1. The van der Waals surface area contributed by atoms with Crippen molar-refractivity contribution in [2.45, 2.75) is 19.9 Å². The summed E-state index contributed by atoms with van der Waals surface area (Å²) in [6, 6.07) is 7.57. The van der Waals surface area contributed by atoms with E-state index in [-0.39, 0.29) is 30.7 Å². The van der Waals surface area contributed by atoms with Crippen LogP contribution in [0.2, 0.25) is 0 Å². The minimum absolute atomic E-state index is 0. The molecule has 0 radical (unpaired) electrons. The Morgan fingerprint density at radius 2 is 1.89 bits per heavy atom. The molecule has 0 saturated carbocycles. The lowest BCUT2D eigenvalue weighted by Crippen LogP contribution is -2.36. The summed E-state index contributed by atoms with van der Waals surface area (Å²) >= 11 is 0. The SMILES string of the molecule is CC(C)N(C)CCNC(=O)c1ccccc1N.Cl.Cl. The second-order valence-corrected chi connectivity index (χ2v) is 4.42. The normalized spacial score (nSPS) is 9.74. The van der Waals surface area contributed by atoms with Crippen LogP contribution in [0, 0.1) is 0 Å². The van der Waals surface area contributed by atoms with Crippen LogP contribution in [-0.4, -0.2) is 37.0 Å². The molecule has 0 bridgehead atoms. The van der Waals surface area contributed by atoms with Crippen molar-refractivity contribution in [1.82, 2.24) is 10.2 Å². The summed E-state index contributed by atoms with van der Waals surface area (Å²) in [5.74, 6) is -0.111. The minimum atomic E-state index is -0.111. The highest BCUT2D eigenvalue weighted by Gasteiger charge is 2.08. The summed E-state index contributed by atoms with van der Waals surface area (Å²) in [5.41, 5.74) is 6.79. The van der Waals surface area contributed by atoms with E-state index in [1.807, 2.05) is 19.2 Å². The van der Waals surface area contributed by atoms with Gasteiger partial charge in [-0.3, -0.25) is 4.79 Å². The third kappa shape index (κ3) is 6.66. The van der Waals surface area contributed by atoms with Gasteiger partial charge < -0.3 is 16.0 Å². The summed E-state index contributed by atoms with van der Waals surface area (Å²) in [6.45, 7) is 5.70. The number of anilines is 1. The van der Waals surface area contributed by atoms with E-state index in [4.69, 9.17) is 5.73 Å². The second-order valence-electron chi connectivity index (χ2n) is 4.42. The Bertz CT molecular complexity index is 386. The smallest absolute Gasteiger partial charge is 0.253 e. The molecule has 0 unspecified atom stereocenters. The van der Waals surface area contributed by atoms with Gasteiger partial charge in [0.2, 0.25) is 0 Å². The van der Waals surface area contributed by atoms with Gasteiger partial charge >= 0.3 is 0 Å². The molecule has 19 heavy (non-hydrogen) atoms. The molecule has 0 aliphatic rings. The Morgan fingerprint density at radius 3 is 2.42 bits per heavy atom. The molecule has 0 aromatic heterocycles. The van der Waals surface area contributed by atoms with Crippen LogP contribution in [0.4, 0.5) is 5.69 Å². The van der Waals surface area contributed by atoms with Gasteiger partial charge in [0.25, 0.3) is 5.91 Å². The van der Waals surface area contributed by atoms with Crippen LogP contribution >= 0.6 is 24.8 Å². The maximum atomic E-state index is 11.8. The summed E-state index contributed by atoms with van der Waals surface area (Å²) in [4.78, 5) is 14.0. The first-order valence-corrected chi connectivity index (χ1v) is 5.85. The second kappa shape index (κ2) is 9.89. The number of nitrogens with two attached hydrogens (primary N) is 1. The number of hydrogen-bond donors (Lipinski definition) is 2. The molecule has 0 saturated heterocycles. The summed E-state index contributed by atoms with van der Waals surface area (Å²) in [6.07, 6.45) is 0. The summed E-state index contributed by atoms with van der Waals surface area (Å²) < 4.78 is 0. The number of nitrogens with zero attached hydrogens (tertiary/aromatic N) is 1. The molecule has 1 amide bonds. The van der Waals surface area contributed by atoms with Crippen molar-refractivity contribution in [2.24, 2.45) is 0 Å². The van der Waals surface area contributed by atoms with Gasteiger partial charge in [0, 0.05) is 24.8 Å². The van der Waals surface area contributed by atoms with Crippen molar-refractivity contribution in [3.05, 3.63) is 29.8 Å². The molecule has 0 aliphatic heterocycles. The molecule has 1 aromatic rings. The Balaban J connectivity index is 0. The van der Waals surface area contributed by atoms with Gasteiger partial charge in [0.05, 0.1) is 5.56 Å². The number of benzene rings is 1. The van der Waals surface area contributed by atoms with Gasteiger partial charge in [-0.25, -0.2) is 0 Å². The van der Waals surface area contributed by atoms with E-state index in [0.717, 1.165) is 6.54 Å². The number of likely N-dealkylation sites (N-methyl/N-ethyl adjacent to an activating group) is 1. The number of halogens is 2. The standard InChI is InChI=1S/C13H21N3O.2ClH/c1-10(2)16(3)9-8-15-13(17)11-6-4-5-7-12(11)14;;/h4-7,10H,8-9,14H2,1-3H3,(H,15,17);2*1H. The molecule has 0 spiro atoms. The minimum Gasteiger partial charge on any atom is -0.398 e. The van der Waals surface area contributed by atoms with Gasteiger partial charge in [-0.05, 0) is 33.0 Å². The predicted octanol–water partition coefficient (Wildman–Crippen LogP) is 2.18. The van der Waals surface area contributed by atoms with Crippen molar-refractivity contribution in [2.75, 3.05) is 25.9 Å². The number of nitrogen functional groups attached to an aromatic ring is 1. The number of rotatable bonds is 5. The molecular formula is C13H23Cl2N3O. The summed E-state index contributed by atoms with van der Waals surface area (Å²) in [5, 5.41) is 2.86. The highest BCUT2D eigenvalue weighted by Crippen LogP contribution is 2.09. The molecule has 110 valence electrons. The van der Waals surface area contributed by atoms with Crippen molar-refractivity contribution < 1.29 is 4.79 Å². The highest BCUT2D eigenvalue weighted by molar-refractivity contribution is 5.99. The molecule has 0 atom stereocenters. The average molecular weight is 308 g/mol. The van der Waals surface area contributed by atoms with E-state index in [0.29, 0.717) is 23.8 Å². The molecular weight excluding hydrogens is 285 g/mol. The molecule has 3 N–H and O–H groups in total. The lowest BCUT2D eigenvalue weighted by Gasteiger charge is -2.20. The van der Waals surface area contributed by atoms with Crippen molar-refractivity contribution in [3.63, 3.8) is 0 Å². The fourth-order valence-electron chi connectivity index (χ4n) is 1.40. The van der Waals surface area contributed by atoms with Crippen LogP contribution in [0.1, 0.15) is 24.2 Å². The maximum absolute atomic E-state index is 11.8. The van der Waals surface area contributed by atoms with Crippen molar-refractivity contribution >= 4 is 36.4 Å². The summed E-state index contributed by atoms with van der Waals surface area (Å²) in [7, 11) is 2.04. The van der Waals surface area contributed by atoms with E-state index in [1.54, 1.807) is 12.1 Å². The third-order valence-electron chi connectivity index (χ3n) is 2.84. The van der Waals surface area contributed by atoms with Gasteiger partial charge in [0.1, 0.15) is 0 Å². The van der Waals surface area contributed by atoms with Crippen molar-refractivity contribution in [3.8, 4) is 0 Å². The van der Waals surface area contributed by atoms with Gasteiger partial charge in [0.15, 0.2) is 0 Å². The van der Waals surface area contributed by atoms with Crippen LogP contribution in [0.25, 0.3) is 0 Å². The third-order valence-corrected chi connectivity index (χ3v) is 2.84. The molecule has 1 rings (SSSR count). The number of carbonyl (C=O) groups excluding carboxylic acids is 1. The lowest BCUT2D eigenvalue weighted by atomic mass is 10.1. The fraction of sp³-hybridized carbons (Fsp3) is 0.462. The lowest BCUT2D eigenvalue weighted by molar-refractivity contribution is 0.0949. The first kappa shape index (κ1) is 20.3. The molecule has 0 fully saturated rings. The monoisotopic (exact) mass is 307 g/mol. The van der Waals surface area contributed by atoms with Crippen LogP contribution in [0.15, 0.2) is 24.3 Å². The predicted molar refractivity (Wildman–Crippen MR) is 85.4 cm³/mol. The van der Waals surface area contributed by atoms with Crippen LogP contribution < -0.4 is 11.1 Å². The molecule has 0 aliphatic carbocycles. The first-order valence-electron chi connectivity index (χ1n) is 5.85. The van der Waals surface area contributed by atoms with Gasteiger partial charge in [-0.2, -0.15) is 0 Å². The topological polar surface area (TPSA) is 58.4 Å². The molecule has 1 aromatic carbocycles. The zero-order valence-corrected chi connectivity index (χ0v) is 13.2. The Hall–Kier alpha value is -0.970. The molecule has 4 nitrogen and oxygen atoms in total. The fourth-order valence-corrected chi connectivity index (χ4v) is 1.40. The Labute approximate surface area is 127 Å². The number of amides is 1. The largest absolute Gasteiger partial charge is 0.398 e. The maximum Gasteiger partial charge on any atom is 0.253 e. The first-order chi connectivity index (χ1) is 8.02. The van der Waals surface area contributed by atoms with Crippen LogP contribution in [0.5, 0.6) is 0 Å². The Morgan fingerprint density at radius 1 is 1.32 bits per heavy atom. The molecule has 6 heteroatoms. The number of para-hydroxylation sites is 1. The van der Waals surface area contributed by atoms with Gasteiger partial charge in [-0.15, -0.1) is 24.8 Å². The zero-order chi connectivity index (χ0) is 12.8. The van der Waals surface area contributed by atoms with E-state index in [2.05, 4.69) is 24.1 Å². The number of carbonyl (C=O) groups is 1. The van der Waals surface area contributed by atoms with E-state index < -0.39 is 0 Å². The highest BCUT2D eigenvalue weighted by atomic mass is 35.5. The van der Waals surface area contributed by atoms with Crippen LogP contribution in [0.3, 0.4) is 0 Å². The zero-order valence-electron chi connectivity index (χ0n) is 11.6. The van der Waals surface area contributed by atoms with Crippen molar-refractivity contribution in [1.29, 1.82) is 0 Å². The Kier molecular flexibility index (Phi) is 10.6. The molecule has 0 heterocycles.